The van der Waals surface area contributed by atoms with Gasteiger partial charge in [0.25, 0.3) is 0 Å². The van der Waals surface area contributed by atoms with Crippen molar-refractivity contribution in [3.05, 3.63) is 70.8 Å². The Kier molecular flexibility index (Phi) is 3.94. The van der Waals surface area contributed by atoms with E-state index in [0.717, 1.165) is 13.1 Å². The Bertz CT molecular complexity index is 408. The maximum absolute atomic E-state index is 2.34. The third-order valence-electron chi connectivity index (χ3n) is 3.00. The highest BCUT2D eigenvalue weighted by Crippen LogP contribution is 2.02. The summed E-state index contributed by atoms with van der Waals surface area (Å²) in [7, 11) is 0. The summed E-state index contributed by atoms with van der Waals surface area (Å²) in [6.45, 7) is 6.35. The average molecular weight is 226 g/mol. The Morgan fingerprint density at radius 1 is 0.647 bits per heavy atom. The van der Waals surface area contributed by atoms with Crippen molar-refractivity contribution in [1.29, 1.82) is 0 Å². The molecule has 2 N–H and O–H groups in total. The van der Waals surface area contributed by atoms with E-state index >= 15 is 0 Å². The predicted molar refractivity (Wildman–Crippen MR) is 71.7 cm³/mol. The van der Waals surface area contributed by atoms with Gasteiger partial charge in [0.2, 0.25) is 0 Å². The van der Waals surface area contributed by atoms with Crippen molar-refractivity contribution in [2.75, 3.05) is 0 Å². The van der Waals surface area contributed by atoms with E-state index in [1.54, 1.807) is 0 Å². The maximum Gasteiger partial charge on any atom is 0.101 e. The molecule has 0 radical (unpaired) electrons. The number of benzene rings is 2. The molecule has 0 atom stereocenters. The molecular formula is C16H20N+. The first-order valence-electron chi connectivity index (χ1n) is 6.17. The minimum Gasteiger partial charge on any atom is -0.339 e. The van der Waals surface area contributed by atoms with Crippen LogP contribution in [0.1, 0.15) is 22.3 Å². The van der Waals surface area contributed by atoms with Crippen LogP contribution in [-0.4, -0.2) is 0 Å². The zero-order valence-corrected chi connectivity index (χ0v) is 10.6. The van der Waals surface area contributed by atoms with E-state index in [4.69, 9.17) is 0 Å². The molecule has 0 aliphatic carbocycles. The van der Waals surface area contributed by atoms with Gasteiger partial charge in [0.1, 0.15) is 13.1 Å². The van der Waals surface area contributed by atoms with E-state index in [-0.39, 0.29) is 0 Å². The maximum atomic E-state index is 2.34. The van der Waals surface area contributed by atoms with Crippen LogP contribution in [0.5, 0.6) is 0 Å². The van der Waals surface area contributed by atoms with Crippen molar-refractivity contribution in [2.24, 2.45) is 0 Å². The lowest BCUT2D eigenvalue weighted by molar-refractivity contribution is -0.686. The summed E-state index contributed by atoms with van der Waals surface area (Å²) in [5.74, 6) is 0. The summed E-state index contributed by atoms with van der Waals surface area (Å²) in [6.07, 6.45) is 0. The number of hydrogen-bond donors (Lipinski definition) is 1. The van der Waals surface area contributed by atoms with E-state index in [1.807, 2.05) is 0 Å². The van der Waals surface area contributed by atoms with Crippen LogP contribution in [0.3, 0.4) is 0 Å². The summed E-state index contributed by atoms with van der Waals surface area (Å²) >= 11 is 0. The number of hydrogen-bond acceptors (Lipinski definition) is 0. The Labute approximate surface area is 103 Å². The number of quaternary nitrogens is 1. The molecule has 0 saturated heterocycles. The molecule has 0 unspecified atom stereocenters. The van der Waals surface area contributed by atoms with Crippen molar-refractivity contribution < 1.29 is 5.32 Å². The van der Waals surface area contributed by atoms with Gasteiger partial charge in [-0.3, -0.25) is 0 Å². The van der Waals surface area contributed by atoms with Gasteiger partial charge in [-0.15, -0.1) is 0 Å². The van der Waals surface area contributed by atoms with Crippen molar-refractivity contribution in [1.82, 2.24) is 0 Å². The Morgan fingerprint density at radius 2 is 1.00 bits per heavy atom. The molecule has 17 heavy (non-hydrogen) atoms. The van der Waals surface area contributed by atoms with Crippen LogP contribution in [0.2, 0.25) is 0 Å². The second-order valence-corrected chi connectivity index (χ2v) is 4.67. The van der Waals surface area contributed by atoms with Gasteiger partial charge in [-0.2, -0.15) is 0 Å². The molecule has 0 amide bonds. The van der Waals surface area contributed by atoms with Crippen molar-refractivity contribution >= 4 is 0 Å². The van der Waals surface area contributed by atoms with Gasteiger partial charge < -0.3 is 5.32 Å². The minimum absolute atomic E-state index is 1.05. The molecule has 0 heterocycles. The lowest BCUT2D eigenvalue weighted by Crippen LogP contribution is -2.80. The molecule has 0 saturated carbocycles. The summed E-state index contributed by atoms with van der Waals surface area (Å²) in [5, 5.41) is 2.34. The first-order valence-corrected chi connectivity index (χ1v) is 6.17. The van der Waals surface area contributed by atoms with Gasteiger partial charge in [-0.05, 0) is 13.8 Å². The highest BCUT2D eigenvalue weighted by molar-refractivity contribution is 5.21. The minimum atomic E-state index is 1.05. The quantitative estimate of drug-likeness (QED) is 0.825. The van der Waals surface area contributed by atoms with E-state index in [1.165, 1.54) is 22.3 Å². The van der Waals surface area contributed by atoms with Gasteiger partial charge in [-0.1, -0.05) is 59.7 Å². The van der Waals surface area contributed by atoms with E-state index in [9.17, 15) is 0 Å². The second-order valence-electron chi connectivity index (χ2n) is 4.67. The molecule has 0 aromatic heterocycles. The predicted octanol–water partition coefficient (Wildman–Crippen LogP) is 2.57. The van der Waals surface area contributed by atoms with Crippen molar-refractivity contribution in [3.63, 3.8) is 0 Å². The third kappa shape index (κ3) is 3.72. The topological polar surface area (TPSA) is 16.6 Å². The molecule has 0 spiro atoms. The van der Waals surface area contributed by atoms with Crippen LogP contribution in [0.25, 0.3) is 0 Å². The highest BCUT2D eigenvalue weighted by Gasteiger charge is 1.97. The number of nitrogens with two attached hydrogens (primary N) is 1. The highest BCUT2D eigenvalue weighted by atomic mass is 14.8. The Morgan fingerprint density at radius 3 is 1.35 bits per heavy atom. The lowest BCUT2D eigenvalue weighted by atomic mass is 10.1. The molecule has 0 aliphatic rings. The van der Waals surface area contributed by atoms with Crippen molar-refractivity contribution in [2.45, 2.75) is 26.9 Å². The smallest absolute Gasteiger partial charge is 0.101 e. The van der Waals surface area contributed by atoms with Crippen LogP contribution in [0.4, 0.5) is 0 Å². The van der Waals surface area contributed by atoms with Gasteiger partial charge in [0.05, 0.1) is 0 Å². The van der Waals surface area contributed by atoms with Gasteiger partial charge in [0.15, 0.2) is 0 Å². The van der Waals surface area contributed by atoms with Crippen LogP contribution >= 0.6 is 0 Å². The molecule has 1 heteroatoms. The molecule has 1 nitrogen and oxygen atoms in total. The Hall–Kier alpha value is -1.60. The van der Waals surface area contributed by atoms with Crippen LogP contribution < -0.4 is 5.32 Å². The largest absolute Gasteiger partial charge is 0.339 e. The van der Waals surface area contributed by atoms with Gasteiger partial charge >= 0.3 is 0 Å². The third-order valence-corrected chi connectivity index (χ3v) is 3.00. The van der Waals surface area contributed by atoms with Crippen LogP contribution in [0, 0.1) is 13.8 Å². The fourth-order valence-corrected chi connectivity index (χ4v) is 1.85. The fraction of sp³-hybridized carbons (Fsp3) is 0.250. The van der Waals surface area contributed by atoms with Crippen LogP contribution in [-0.2, 0) is 13.1 Å². The van der Waals surface area contributed by atoms with E-state index in [0.29, 0.717) is 0 Å². The molecule has 88 valence electrons. The number of aryl methyl sites for hydroxylation is 2. The normalized spacial score (nSPS) is 10.5. The number of rotatable bonds is 4. The molecule has 0 bridgehead atoms. The summed E-state index contributed by atoms with van der Waals surface area (Å²) < 4.78 is 0. The van der Waals surface area contributed by atoms with Crippen LogP contribution in [0.15, 0.2) is 48.5 Å². The molecule has 2 aromatic carbocycles. The monoisotopic (exact) mass is 226 g/mol. The molecule has 2 aromatic rings. The van der Waals surface area contributed by atoms with Crippen molar-refractivity contribution in [3.8, 4) is 0 Å². The standard InChI is InChI=1S/C16H19N/c1-13-3-7-15(8-4-13)11-17-12-16-9-5-14(2)6-10-16/h3-10,17H,11-12H2,1-2H3/p+1. The zero-order valence-electron chi connectivity index (χ0n) is 10.6. The Balaban J connectivity index is 1.83. The summed E-state index contributed by atoms with van der Waals surface area (Å²) in [4.78, 5) is 0. The molecular weight excluding hydrogens is 206 g/mol. The molecule has 2 rings (SSSR count). The van der Waals surface area contributed by atoms with E-state index < -0.39 is 0 Å². The first-order chi connectivity index (χ1) is 8.24. The van der Waals surface area contributed by atoms with Gasteiger partial charge in [-0.25, -0.2) is 0 Å². The fourth-order valence-electron chi connectivity index (χ4n) is 1.85. The molecule has 0 aliphatic heterocycles. The summed E-state index contributed by atoms with van der Waals surface area (Å²) in [5.41, 5.74) is 5.44. The van der Waals surface area contributed by atoms with Gasteiger partial charge in [0, 0.05) is 11.1 Å². The molecule has 0 fully saturated rings. The average Bonchev–Trinajstić information content (AvgIpc) is 2.34. The lowest BCUT2D eigenvalue weighted by Gasteiger charge is -2.03. The van der Waals surface area contributed by atoms with E-state index in [2.05, 4.69) is 67.7 Å². The first kappa shape index (κ1) is 11.9. The summed E-state index contributed by atoms with van der Waals surface area (Å²) in [6, 6.07) is 17.5. The zero-order chi connectivity index (χ0) is 12.1. The SMILES string of the molecule is Cc1ccc(C[NH2+]Cc2ccc(C)cc2)cc1. The second kappa shape index (κ2) is 5.65.